The van der Waals surface area contributed by atoms with Gasteiger partial charge in [-0.05, 0) is 63.1 Å². The van der Waals surface area contributed by atoms with Gasteiger partial charge in [-0.2, -0.15) is 14.6 Å². The summed E-state index contributed by atoms with van der Waals surface area (Å²) in [5.74, 6) is 2.32. The van der Waals surface area contributed by atoms with Crippen molar-refractivity contribution in [3.63, 3.8) is 0 Å². The fourth-order valence-electron chi connectivity index (χ4n) is 3.71. The van der Waals surface area contributed by atoms with Crippen molar-refractivity contribution >= 4 is 17.2 Å². The van der Waals surface area contributed by atoms with E-state index in [1.54, 1.807) is 10.7 Å². The van der Waals surface area contributed by atoms with Crippen LogP contribution in [0.3, 0.4) is 0 Å². The molecule has 2 aromatic heterocycles. The lowest BCUT2D eigenvalue weighted by Gasteiger charge is -2.28. The molecule has 0 radical (unpaired) electrons. The fourth-order valence-corrected chi connectivity index (χ4v) is 3.71. The Morgan fingerprint density at radius 1 is 1.23 bits per heavy atom. The maximum Gasteiger partial charge on any atom is 0.222 e. The number of benzene rings is 1. The molecule has 1 saturated heterocycles. The van der Waals surface area contributed by atoms with Crippen LogP contribution in [-0.2, 0) is 0 Å². The van der Waals surface area contributed by atoms with E-state index in [0.29, 0.717) is 12.5 Å². The summed E-state index contributed by atoms with van der Waals surface area (Å²) in [4.78, 5) is 4.73. The van der Waals surface area contributed by atoms with Gasteiger partial charge in [-0.25, -0.2) is 0 Å². The summed E-state index contributed by atoms with van der Waals surface area (Å²) < 4.78 is 13.8. The molecule has 1 fully saturated rings. The lowest BCUT2D eigenvalue weighted by molar-refractivity contribution is 0.205. The minimum absolute atomic E-state index is 0.00593. The average molecular weight is 408 g/mol. The normalized spacial score (nSPS) is 18.0. The van der Waals surface area contributed by atoms with Crippen molar-refractivity contribution in [1.82, 2.24) is 19.9 Å². The molecule has 0 aliphatic carbocycles. The van der Waals surface area contributed by atoms with Gasteiger partial charge in [-0.1, -0.05) is 13.0 Å². The standard InChI is InChI=1S/C23H29N5O2/c1-4-6-17-11-13-24-15-20(17)30-23-16(3)22(28-21(27-23)12-14-25-28)26-18-7-9-19(10-8-18)29-5-2/h6-10,12,14,20,24,26H,4-5,11,13,15H2,1-3H3/b17-6+. The quantitative estimate of drug-likeness (QED) is 0.570. The van der Waals surface area contributed by atoms with Gasteiger partial charge in [0.05, 0.1) is 18.4 Å². The highest BCUT2D eigenvalue weighted by atomic mass is 16.5. The minimum atomic E-state index is -0.00593. The van der Waals surface area contributed by atoms with Crippen LogP contribution in [0.5, 0.6) is 11.6 Å². The number of rotatable bonds is 7. The predicted octanol–water partition coefficient (Wildman–Crippen LogP) is 4.26. The van der Waals surface area contributed by atoms with E-state index in [9.17, 15) is 0 Å². The molecule has 1 aliphatic heterocycles. The van der Waals surface area contributed by atoms with Crippen LogP contribution >= 0.6 is 0 Å². The summed E-state index contributed by atoms with van der Waals surface area (Å²) in [5, 5.41) is 11.3. The van der Waals surface area contributed by atoms with E-state index in [1.165, 1.54) is 5.57 Å². The molecule has 0 amide bonds. The maximum atomic E-state index is 6.42. The molecule has 1 atom stereocenters. The third kappa shape index (κ3) is 4.26. The van der Waals surface area contributed by atoms with Crippen molar-refractivity contribution in [3.05, 3.63) is 53.7 Å². The number of nitrogens with zero attached hydrogens (tertiary/aromatic N) is 3. The summed E-state index contributed by atoms with van der Waals surface area (Å²) in [5.41, 5.74) is 3.95. The van der Waals surface area contributed by atoms with Gasteiger partial charge in [-0.3, -0.25) is 0 Å². The van der Waals surface area contributed by atoms with Gasteiger partial charge in [0.25, 0.3) is 0 Å². The second-order valence-corrected chi connectivity index (χ2v) is 7.32. The molecule has 3 heterocycles. The Balaban J connectivity index is 1.65. The zero-order valence-corrected chi connectivity index (χ0v) is 17.8. The topological polar surface area (TPSA) is 72.7 Å². The number of aromatic nitrogens is 3. The number of hydrogen-bond acceptors (Lipinski definition) is 6. The maximum absolute atomic E-state index is 6.42. The van der Waals surface area contributed by atoms with Crippen LogP contribution in [0.25, 0.3) is 5.65 Å². The first-order valence-corrected chi connectivity index (χ1v) is 10.6. The first-order valence-electron chi connectivity index (χ1n) is 10.6. The van der Waals surface area contributed by atoms with Crippen LogP contribution in [0, 0.1) is 6.92 Å². The summed E-state index contributed by atoms with van der Waals surface area (Å²) in [6, 6.07) is 9.78. The molecule has 0 spiro atoms. The van der Waals surface area contributed by atoms with E-state index in [-0.39, 0.29) is 6.10 Å². The number of piperidine rings is 1. The Morgan fingerprint density at radius 2 is 2.07 bits per heavy atom. The first kappa shape index (κ1) is 20.2. The number of anilines is 2. The zero-order chi connectivity index (χ0) is 20.9. The molecule has 158 valence electrons. The predicted molar refractivity (Wildman–Crippen MR) is 119 cm³/mol. The van der Waals surface area contributed by atoms with Gasteiger partial charge in [-0.15, -0.1) is 0 Å². The molecular weight excluding hydrogens is 378 g/mol. The van der Waals surface area contributed by atoms with Crippen molar-refractivity contribution in [3.8, 4) is 11.6 Å². The van der Waals surface area contributed by atoms with Gasteiger partial charge in [0.2, 0.25) is 5.88 Å². The molecular formula is C23H29N5O2. The second-order valence-electron chi connectivity index (χ2n) is 7.32. The smallest absolute Gasteiger partial charge is 0.222 e. The monoisotopic (exact) mass is 407 g/mol. The van der Waals surface area contributed by atoms with Crippen molar-refractivity contribution in [2.75, 3.05) is 25.0 Å². The number of ether oxygens (including phenoxy) is 2. The van der Waals surface area contributed by atoms with E-state index in [4.69, 9.17) is 14.5 Å². The summed E-state index contributed by atoms with van der Waals surface area (Å²) in [6.45, 7) is 8.58. The Morgan fingerprint density at radius 3 is 2.83 bits per heavy atom. The van der Waals surface area contributed by atoms with Crippen molar-refractivity contribution in [2.45, 2.75) is 39.7 Å². The van der Waals surface area contributed by atoms with Crippen LogP contribution in [0.15, 0.2) is 48.2 Å². The van der Waals surface area contributed by atoms with Gasteiger partial charge >= 0.3 is 0 Å². The molecule has 7 nitrogen and oxygen atoms in total. The minimum Gasteiger partial charge on any atom is -0.494 e. The first-order chi connectivity index (χ1) is 14.7. The Hall–Kier alpha value is -3.06. The van der Waals surface area contributed by atoms with Crippen LogP contribution < -0.4 is 20.1 Å². The number of allylic oxidation sites excluding steroid dienone is 1. The molecule has 0 saturated carbocycles. The van der Waals surface area contributed by atoms with E-state index < -0.39 is 0 Å². The number of nitrogens with one attached hydrogen (secondary N) is 2. The lowest BCUT2D eigenvalue weighted by Crippen LogP contribution is -2.39. The fraction of sp³-hybridized carbons (Fsp3) is 0.391. The van der Waals surface area contributed by atoms with Crippen LogP contribution in [0.1, 0.15) is 32.3 Å². The van der Waals surface area contributed by atoms with E-state index in [2.05, 4.69) is 28.7 Å². The molecule has 1 unspecified atom stereocenters. The van der Waals surface area contributed by atoms with E-state index >= 15 is 0 Å². The molecule has 7 heteroatoms. The molecule has 4 rings (SSSR count). The van der Waals surface area contributed by atoms with E-state index in [0.717, 1.165) is 54.4 Å². The van der Waals surface area contributed by atoms with Gasteiger partial charge in [0, 0.05) is 18.3 Å². The zero-order valence-electron chi connectivity index (χ0n) is 17.8. The average Bonchev–Trinajstić information content (AvgIpc) is 3.22. The summed E-state index contributed by atoms with van der Waals surface area (Å²) in [6.07, 6.45) is 6.03. The highest BCUT2D eigenvalue weighted by Gasteiger charge is 2.23. The van der Waals surface area contributed by atoms with Crippen LogP contribution in [0.2, 0.25) is 0 Å². The molecule has 1 aromatic carbocycles. The van der Waals surface area contributed by atoms with Crippen molar-refractivity contribution in [2.24, 2.45) is 0 Å². The highest BCUT2D eigenvalue weighted by molar-refractivity contribution is 5.65. The Labute approximate surface area is 177 Å². The van der Waals surface area contributed by atoms with Crippen LogP contribution in [0.4, 0.5) is 11.5 Å². The summed E-state index contributed by atoms with van der Waals surface area (Å²) in [7, 11) is 0. The molecule has 30 heavy (non-hydrogen) atoms. The number of hydrogen-bond donors (Lipinski definition) is 2. The highest BCUT2D eigenvalue weighted by Crippen LogP contribution is 2.30. The molecule has 2 N–H and O–H groups in total. The third-order valence-electron chi connectivity index (χ3n) is 5.21. The lowest BCUT2D eigenvalue weighted by atomic mass is 10.0. The van der Waals surface area contributed by atoms with E-state index in [1.807, 2.05) is 44.2 Å². The van der Waals surface area contributed by atoms with Crippen molar-refractivity contribution in [1.29, 1.82) is 0 Å². The second kappa shape index (κ2) is 9.17. The Bertz CT molecular complexity index is 1030. The molecule has 0 bridgehead atoms. The van der Waals surface area contributed by atoms with Gasteiger partial charge in [0.15, 0.2) is 5.65 Å². The van der Waals surface area contributed by atoms with Gasteiger partial charge < -0.3 is 20.1 Å². The van der Waals surface area contributed by atoms with Gasteiger partial charge in [0.1, 0.15) is 17.7 Å². The summed E-state index contributed by atoms with van der Waals surface area (Å²) >= 11 is 0. The van der Waals surface area contributed by atoms with Crippen LogP contribution in [-0.4, -0.2) is 40.4 Å². The molecule has 1 aliphatic rings. The largest absolute Gasteiger partial charge is 0.494 e. The molecule has 3 aromatic rings. The van der Waals surface area contributed by atoms with Crippen molar-refractivity contribution < 1.29 is 9.47 Å². The third-order valence-corrected chi connectivity index (χ3v) is 5.21. The number of fused-ring (bicyclic) bond motifs is 1. The Kier molecular flexibility index (Phi) is 6.18. The SMILES string of the molecule is CC/C=C1\CCNCC1Oc1nc2ccnn2c(Nc2ccc(OCC)cc2)c1C.